The Morgan fingerprint density at radius 1 is 1.38 bits per heavy atom. The zero-order valence-corrected chi connectivity index (χ0v) is 11.0. The third-order valence-electron chi connectivity index (χ3n) is 0.974. The number of rotatable bonds is 7. The van der Waals surface area contributed by atoms with Crippen LogP contribution in [0.2, 0.25) is 0 Å². The van der Waals surface area contributed by atoms with Gasteiger partial charge in [-0.05, 0) is 49.0 Å². The summed E-state index contributed by atoms with van der Waals surface area (Å²) in [6, 6.07) is 0. The molecule has 0 aliphatic heterocycles. The highest BCUT2D eigenvalue weighted by Crippen LogP contribution is 2.60. The van der Waals surface area contributed by atoms with Gasteiger partial charge in [-0.15, -0.1) is 0 Å². The maximum atomic E-state index is 5.40. The maximum absolute atomic E-state index is 5.40. The molecule has 0 radical (unpaired) electrons. The van der Waals surface area contributed by atoms with Crippen molar-refractivity contribution in [2.75, 3.05) is 19.0 Å². The molecule has 0 unspecified atom stereocenters. The van der Waals surface area contributed by atoms with Gasteiger partial charge >= 0.3 is 0 Å². The van der Waals surface area contributed by atoms with Crippen molar-refractivity contribution in [3.8, 4) is 0 Å². The molecule has 0 aromatic carbocycles. The molecule has 0 saturated carbocycles. The quantitative estimate of drug-likeness (QED) is 0.513. The summed E-state index contributed by atoms with van der Waals surface area (Å²) in [4.78, 5) is 0. The van der Waals surface area contributed by atoms with Crippen molar-refractivity contribution in [1.29, 1.82) is 0 Å². The Morgan fingerprint density at radius 3 is 2.31 bits per heavy atom. The van der Waals surface area contributed by atoms with Crippen LogP contribution in [0.25, 0.3) is 0 Å². The predicted molar refractivity (Wildman–Crippen MR) is 67.2 cm³/mol. The van der Waals surface area contributed by atoms with Gasteiger partial charge in [0.1, 0.15) is 0 Å². The minimum atomic E-state index is -2.12. The summed E-state index contributed by atoms with van der Waals surface area (Å²) in [7, 11) is 0. The van der Waals surface area contributed by atoms with Crippen molar-refractivity contribution in [2.24, 2.45) is 0 Å². The van der Waals surface area contributed by atoms with Crippen LogP contribution in [-0.4, -0.2) is 24.0 Å². The van der Waals surface area contributed by atoms with E-state index in [0.717, 1.165) is 0 Å². The smallest absolute Gasteiger partial charge is 0.247 e. The van der Waals surface area contributed by atoms with E-state index >= 15 is 0 Å². The van der Waals surface area contributed by atoms with Gasteiger partial charge < -0.3 is 9.05 Å². The van der Waals surface area contributed by atoms with E-state index in [-0.39, 0.29) is 0 Å². The molecule has 0 atom stereocenters. The van der Waals surface area contributed by atoms with Gasteiger partial charge in [-0.2, -0.15) is 0 Å². The van der Waals surface area contributed by atoms with Crippen LogP contribution in [0.15, 0.2) is 6.08 Å². The number of hydrogen-bond donors (Lipinski definition) is 0. The molecule has 0 heterocycles. The highest BCUT2D eigenvalue weighted by atomic mass is 32.9. The maximum Gasteiger partial charge on any atom is 0.247 e. The van der Waals surface area contributed by atoms with Gasteiger partial charge in [0.15, 0.2) is 0 Å². The van der Waals surface area contributed by atoms with Gasteiger partial charge in [-0.25, -0.2) is 0 Å². The van der Waals surface area contributed by atoms with Gasteiger partial charge in [0, 0.05) is 5.75 Å². The molecule has 0 saturated heterocycles. The van der Waals surface area contributed by atoms with E-state index in [2.05, 4.69) is 17.2 Å². The minimum Gasteiger partial charge on any atom is -0.322 e. The Balaban J connectivity index is 4.06. The van der Waals surface area contributed by atoms with E-state index in [1.165, 1.54) is 11.4 Å². The summed E-state index contributed by atoms with van der Waals surface area (Å²) in [6.45, 7) is 5.00. The molecular weight excluding hydrogens is 243 g/mol. The van der Waals surface area contributed by atoms with Gasteiger partial charge in [0.05, 0.1) is 13.2 Å². The average Bonchev–Trinajstić information content (AvgIpc) is 2.05. The van der Waals surface area contributed by atoms with Gasteiger partial charge in [-0.1, -0.05) is 11.4 Å². The van der Waals surface area contributed by atoms with Crippen LogP contribution in [0, 0.1) is 0 Å². The Hall–Kier alpha value is 0.790. The molecule has 76 valence electrons. The van der Waals surface area contributed by atoms with Gasteiger partial charge in [0.25, 0.3) is 0 Å². The molecule has 0 aliphatic carbocycles. The molecule has 0 fully saturated rings. The second kappa shape index (κ2) is 8.13. The van der Waals surface area contributed by atoms with Crippen LogP contribution in [0.1, 0.15) is 13.8 Å². The molecule has 0 spiro atoms. The Morgan fingerprint density at radius 2 is 1.92 bits per heavy atom. The highest BCUT2D eigenvalue weighted by molar-refractivity contribution is 8.67. The first-order valence-corrected chi connectivity index (χ1v) is 8.55. The number of hydrogen-bond acceptors (Lipinski definition) is 5. The molecule has 13 heavy (non-hydrogen) atoms. The second-order valence-corrected chi connectivity index (χ2v) is 8.49. The second-order valence-electron chi connectivity index (χ2n) is 1.90. The Kier molecular flexibility index (Phi) is 8.62. The van der Waals surface area contributed by atoms with Crippen LogP contribution in [0.4, 0.5) is 0 Å². The van der Waals surface area contributed by atoms with Gasteiger partial charge in [-0.3, -0.25) is 0 Å². The van der Waals surface area contributed by atoms with Crippen molar-refractivity contribution in [3.63, 3.8) is 0 Å². The molecule has 0 aromatic heterocycles. The topological polar surface area (TPSA) is 18.5 Å². The predicted octanol–water partition coefficient (Wildman–Crippen LogP) is 3.17. The molecular formula is C7H13O2PS3. The Bertz CT molecular complexity index is 216. The fourth-order valence-corrected chi connectivity index (χ4v) is 5.01. The first-order valence-electron chi connectivity index (χ1n) is 3.91. The van der Waals surface area contributed by atoms with E-state index in [0.29, 0.717) is 19.0 Å². The van der Waals surface area contributed by atoms with Crippen LogP contribution >= 0.6 is 29.3 Å². The van der Waals surface area contributed by atoms with E-state index in [4.69, 9.17) is 20.9 Å². The lowest BCUT2D eigenvalue weighted by Gasteiger charge is -2.18. The van der Waals surface area contributed by atoms with Gasteiger partial charge in [0.2, 0.25) is 5.69 Å². The van der Waals surface area contributed by atoms with Crippen LogP contribution in [0.3, 0.4) is 0 Å². The molecule has 0 rings (SSSR count). The fraction of sp³-hybridized carbons (Fsp3) is 0.714. The normalized spacial score (nSPS) is 10.9. The SMILES string of the molecule is CCOP(=S)(OCC)SCC=C=S. The zero-order valence-electron chi connectivity index (χ0n) is 7.69. The third kappa shape index (κ3) is 6.81. The molecule has 0 N–H and O–H groups in total. The lowest BCUT2D eigenvalue weighted by Crippen LogP contribution is -1.92. The summed E-state index contributed by atoms with van der Waals surface area (Å²) >= 11 is 11.3. The largest absolute Gasteiger partial charge is 0.322 e. The average molecular weight is 256 g/mol. The Labute approximate surface area is 94.0 Å². The summed E-state index contributed by atoms with van der Waals surface area (Å²) in [5, 5.41) is 2.52. The van der Waals surface area contributed by atoms with Crippen molar-refractivity contribution in [2.45, 2.75) is 13.8 Å². The van der Waals surface area contributed by atoms with E-state index in [9.17, 15) is 0 Å². The van der Waals surface area contributed by atoms with Crippen LogP contribution < -0.4 is 0 Å². The molecule has 0 amide bonds. The minimum absolute atomic E-state index is 0.589. The highest BCUT2D eigenvalue weighted by Gasteiger charge is 2.17. The summed E-state index contributed by atoms with van der Waals surface area (Å²) in [6.07, 6.45) is 1.75. The standard InChI is InChI=1S/C7H13O2PS3/c1-3-8-10(12,9-4-2)13-7-5-6-11/h5H,3-4,7H2,1-2H3. The first kappa shape index (κ1) is 13.8. The van der Waals surface area contributed by atoms with E-state index in [1.54, 1.807) is 6.08 Å². The lowest BCUT2D eigenvalue weighted by atomic mass is 10.8. The molecule has 0 aliphatic rings. The summed E-state index contributed by atoms with van der Waals surface area (Å²) < 4.78 is 10.8. The lowest BCUT2D eigenvalue weighted by molar-refractivity contribution is 0.280. The van der Waals surface area contributed by atoms with Crippen molar-refractivity contribution < 1.29 is 9.05 Å². The summed E-state index contributed by atoms with van der Waals surface area (Å²) in [5.74, 6) is 0.709. The molecule has 2 nitrogen and oxygen atoms in total. The van der Waals surface area contributed by atoms with E-state index in [1.807, 2.05) is 13.8 Å². The zero-order chi connectivity index (χ0) is 10.2. The third-order valence-corrected chi connectivity index (χ3v) is 6.53. The fourth-order valence-electron chi connectivity index (χ4n) is 0.591. The number of thiocarbonyl (C=S) groups is 1. The summed E-state index contributed by atoms with van der Waals surface area (Å²) in [5.41, 5.74) is -2.12. The monoisotopic (exact) mass is 256 g/mol. The van der Waals surface area contributed by atoms with E-state index < -0.39 is 5.69 Å². The molecule has 0 aromatic rings. The first-order chi connectivity index (χ1) is 6.18. The van der Waals surface area contributed by atoms with Crippen LogP contribution in [0.5, 0.6) is 0 Å². The molecule has 6 heteroatoms. The van der Waals surface area contributed by atoms with Crippen molar-refractivity contribution >= 4 is 46.1 Å². The van der Waals surface area contributed by atoms with Crippen LogP contribution in [-0.2, 0) is 20.9 Å². The van der Waals surface area contributed by atoms with Crippen molar-refractivity contribution in [3.05, 3.63) is 6.08 Å². The molecule has 0 bridgehead atoms. The van der Waals surface area contributed by atoms with Crippen molar-refractivity contribution in [1.82, 2.24) is 0 Å².